The summed E-state index contributed by atoms with van der Waals surface area (Å²) in [5.41, 5.74) is 2.78. The van der Waals surface area contributed by atoms with Gasteiger partial charge in [-0.2, -0.15) is 5.26 Å². The molecule has 2 heterocycles. The molecule has 2 aliphatic heterocycles. The van der Waals surface area contributed by atoms with Gasteiger partial charge in [0, 0.05) is 25.2 Å². The molecule has 0 radical (unpaired) electrons. The van der Waals surface area contributed by atoms with E-state index >= 15 is 0 Å². The number of carbonyl (C=O) groups excluding carboxylic acids is 1. The first-order chi connectivity index (χ1) is 13.7. The molecule has 3 atom stereocenters. The summed E-state index contributed by atoms with van der Waals surface area (Å²) in [6, 6.07) is 21.2. The van der Waals surface area contributed by atoms with Crippen molar-refractivity contribution in [1.82, 2.24) is 10.2 Å². The van der Waals surface area contributed by atoms with E-state index in [1.807, 2.05) is 37.3 Å². The van der Waals surface area contributed by atoms with E-state index < -0.39 is 0 Å². The fourth-order valence-corrected chi connectivity index (χ4v) is 5.25. The van der Waals surface area contributed by atoms with Gasteiger partial charge in [-0.3, -0.25) is 9.69 Å². The summed E-state index contributed by atoms with van der Waals surface area (Å²) in [6.45, 7) is 3.51. The Morgan fingerprint density at radius 3 is 2.57 bits per heavy atom. The van der Waals surface area contributed by atoms with Crippen LogP contribution in [0.5, 0.6) is 0 Å². The number of nitriles is 1. The molecule has 2 aliphatic rings. The lowest BCUT2D eigenvalue weighted by Gasteiger charge is -2.36. The second-order valence-electron chi connectivity index (χ2n) is 8.11. The molecule has 2 aromatic rings. The lowest BCUT2D eigenvalue weighted by molar-refractivity contribution is -0.132. The summed E-state index contributed by atoms with van der Waals surface area (Å²) in [6.07, 6.45) is 3.96. The minimum absolute atomic E-state index is 0.205. The van der Waals surface area contributed by atoms with Crippen molar-refractivity contribution in [1.29, 1.82) is 5.26 Å². The number of rotatable bonds is 6. The molecule has 0 spiro atoms. The van der Waals surface area contributed by atoms with E-state index in [0.29, 0.717) is 18.2 Å². The molecule has 2 bridgehead atoms. The number of hydrogen-bond acceptors (Lipinski definition) is 3. The first-order valence-corrected chi connectivity index (χ1v) is 10.2. The topological polar surface area (TPSA) is 56.1 Å². The van der Waals surface area contributed by atoms with Gasteiger partial charge in [-0.15, -0.1) is 0 Å². The Morgan fingerprint density at radius 2 is 1.89 bits per heavy atom. The van der Waals surface area contributed by atoms with Crippen molar-refractivity contribution in [2.45, 2.75) is 51.2 Å². The molecule has 0 unspecified atom stereocenters. The molecule has 2 fully saturated rings. The number of benzene rings is 2. The lowest BCUT2D eigenvalue weighted by atomic mass is 9.69. The number of hydrogen-bond donors (Lipinski definition) is 1. The van der Waals surface area contributed by atoms with Crippen molar-refractivity contribution in [3.05, 3.63) is 71.3 Å². The van der Waals surface area contributed by atoms with Crippen LogP contribution in [0.25, 0.3) is 0 Å². The summed E-state index contributed by atoms with van der Waals surface area (Å²) >= 11 is 0. The minimum Gasteiger partial charge on any atom is -0.356 e. The third-order valence-corrected chi connectivity index (χ3v) is 6.48. The molecule has 0 aliphatic carbocycles. The Labute approximate surface area is 167 Å². The van der Waals surface area contributed by atoms with Crippen molar-refractivity contribution >= 4 is 5.91 Å². The summed E-state index contributed by atoms with van der Waals surface area (Å²) in [4.78, 5) is 15.8. The third-order valence-electron chi connectivity index (χ3n) is 6.48. The van der Waals surface area contributed by atoms with E-state index in [4.69, 9.17) is 5.26 Å². The van der Waals surface area contributed by atoms with Crippen LogP contribution < -0.4 is 5.32 Å². The normalized spacial score (nSPS) is 26.1. The van der Waals surface area contributed by atoms with Gasteiger partial charge in [-0.1, -0.05) is 42.5 Å². The fraction of sp³-hybridized carbons (Fsp3) is 0.417. The highest BCUT2D eigenvalue weighted by Gasteiger charge is 2.59. The zero-order valence-electron chi connectivity index (χ0n) is 16.4. The lowest BCUT2D eigenvalue weighted by Crippen LogP contribution is -2.50. The van der Waals surface area contributed by atoms with E-state index in [9.17, 15) is 4.79 Å². The van der Waals surface area contributed by atoms with E-state index in [2.05, 4.69) is 40.6 Å². The molecule has 2 aromatic carbocycles. The predicted molar refractivity (Wildman–Crippen MR) is 109 cm³/mol. The highest BCUT2D eigenvalue weighted by Crippen LogP contribution is 2.52. The van der Waals surface area contributed by atoms with Gasteiger partial charge >= 0.3 is 0 Å². The Morgan fingerprint density at radius 1 is 1.14 bits per heavy atom. The molecule has 0 aromatic heterocycles. The largest absolute Gasteiger partial charge is 0.356 e. The molecule has 4 nitrogen and oxygen atoms in total. The Balaban J connectivity index is 1.61. The van der Waals surface area contributed by atoms with E-state index in [1.54, 1.807) is 0 Å². The Kier molecular flexibility index (Phi) is 5.19. The van der Waals surface area contributed by atoms with Gasteiger partial charge in [0.05, 0.1) is 17.0 Å². The molecule has 28 heavy (non-hydrogen) atoms. The van der Waals surface area contributed by atoms with Crippen LogP contribution in [0.2, 0.25) is 0 Å². The molecular weight excluding hydrogens is 346 g/mol. The number of amides is 1. The highest BCUT2D eigenvalue weighted by atomic mass is 16.2. The van der Waals surface area contributed by atoms with Crippen LogP contribution in [0, 0.1) is 16.7 Å². The average molecular weight is 374 g/mol. The summed E-state index contributed by atoms with van der Waals surface area (Å²) < 4.78 is 0. The van der Waals surface area contributed by atoms with Gasteiger partial charge in [-0.25, -0.2) is 0 Å². The van der Waals surface area contributed by atoms with Gasteiger partial charge in [-0.05, 0) is 55.9 Å². The summed E-state index contributed by atoms with van der Waals surface area (Å²) in [7, 11) is 0. The molecule has 1 amide bonds. The molecular formula is C24H27N3O. The summed E-state index contributed by atoms with van der Waals surface area (Å²) in [5.74, 6) is 0.205. The maximum absolute atomic E-state index is 13.3. The van der Waals surface area contributed by atoms with Gasteiger partial charge in [0.2, 0.25) is 5.91 Å². The average Bonchev–Trinajstić information content (AvgIpc) is 3.24. The van der Waals surface area contributed by atoms with Gasteiger partial charge < -0.3 is 5.32 Å². The van der Waals surface area contributed by atoms with Crippen LogP contribution in [-0.2, 0) is 17.8 Å². The monoisotopic (exact) mass is 373 g/mol. The Hall–Kier alpha value is -2.64. The van der Waals surface area contributed by atoms with E-state index in [-0.39, 0.29) is 17.4 Å². The minimum atomic E-state index is -0.354. The van der Waals surface area contributed by atoms with Crippen LogP contribution >= 0.6 is 0 Å². The van der Waals surface area contributed by atoms with Gasteiger partial charge in [0.25, 0.3) is 0 Å². The number of carbonyl (C=O) groups is 1. The maximum atomic E-state index is 13.3. The van der Waals surface area contributed by atoms with E-state index in [1.165, 1.54) is 11.1 Å². The number of nitrogens with one attached hydrogen (secondary N) is 1. The van der Waals surface area contributed by atoms with E-state index in [0.717, 1.165) is 32.2 Å². The van der Waals surface area contributed by atoms with Crippen LogP contribution in [0.3, 0.4) is 0 Å². The first kappa shape index (κ1) is 18.7. The van der Waals surface area contributed by atoms with Crippen LogP contribution in [0.1, 0.15) is 42.9 Å². The third kappa shape index (κ3) is 3.31. The quantitative estimate of drug-likeness (QED) is 0.841. The smallest absolute Gasteiger partial charge is 0.228 e. The molecule has 1 N–H and O–H groups in total. The van der Waals surface area contributed by atoms with Crippen molar-refractivity contribution in [3.63, 3.8) is 0 Å². The van der Waals surface area contributed by atoms with Crippen LogP contribution in [0.15, 0.2) is 54.6 Å². The van der Waals surface area contributed by atoms with Crippen molar-refractivity contribution in [3.8, 4) is 6.07 Å². The fourth-order valence-electron chi connectivity index (χ4n) is 5.25. The van der Waals surface area contributed by atoms with Crippen molar-refractivity contribution in [2.75, 3.05) is 6.54 Å². The molecule has 4 heteroatoms. The maximum Gasteiger partial charge on any atom is 0.228 e. The van der Waals surface area contributed by atoms with Crippen LogP contribution in [-0.4, -0.2) is 29.4 Å². The second-order valence-corrected chi connectivity index (χ2v) is 8.11. The SMILES string of the molecule is CCNC(=O)[C@]1(Cc2ccccc2)C[C@@H]2CC[C@H]1N2Cc1ccc(C#N)cc1. The zero-order chi connectivity index (χ0) is 19.6. The van der Waals surface area contributed by atoms with Crippen molar-refractivity contribution in [2.24, 2.45) is 5.41 Å². The zero-order valence-corrected chi connectivity index (χ0v) is 16.4. The highest BCUT2D eigenvalue weighted by molar-refractivity contribution is 5.84. The number of fused-ring (bicyclic) bond motifs is 2. The van der Waals surface area contributed by atoms with Gasteiger partial charge in [0.1, 0.15) is 0 Å². The molecule has 144 valence electrons. The predicted octanol–water partition coefficient (Wildman–Crippen LogP) is 3.66. The standard InChI is InChI=1S/C24H27N3O/c1-2-26-23(28)24(14-18-6-4-3-5-7-18)15-21-12-13-22(24)27(21)17-20-10-8-19(16-25)9-11-20/h3-11,21-22H,2,12-15,17H2,1H3,(H,26,28)/t21-,22+,24+/m0/s1. The Bertz CT molecular complexity index is 871. The number of nitrogens with zero attached hydrogens (tertiary/aromatic N) is 2. The first-order valence-electron chi connectivity index (χ1n) is 10.2. The molecule has 2 saturated heterocycles. The van der Waals surface area contributed by atoms with Crippen molar-refractivity contribution < 1.29 is 4.79 Å². The molecule has 4 rings (SSSR count). The van der Waals surface area contributed by atoms with Gasteiger partial charge in [0.15, 0.2) is 0 Å². The second kappa shape index (κ2) is 7.77. The molecule has 0 saturated carbocycles. The summed E-state index contributed by atoms with van der Waals surface area (Å²) in [5, 5.41) is 12.2. The van der Waals surface area contributed by atoms with Crippen LogP contribution in [0.4, 0.5) is 0 Å².